The minimum absolute atomic E-state index is 0.0311. The zero-order chi connectivity index (χ0) is 17.5. The summed E-state index contributed by atoms with van der Waals surface area (Å²) in [6.45, 7) is 3.70. The van der Waals surface area contributed by atoms with E-state index in [1.54, 1.807) is 36.4 Å². The Hall–Kier alpha value is -2.73. The Labute approximate surface area is 139 Å². The van der Waals surface area contributed by atoms with E-state index in [9.17, 15) is 14.7 Å². The van der Waals surface area contributed by atoms with E-state index in [1.165, 1.54) is 11.0 Å². The average molecular weight is 326 g/mol. The predicted molar refractivity (Wildman–Crippen MR) is 86.2 cm³/mol. The molecule has 2 N–H and O–H groups in total. The molecule has 2 aromatic rings. The number of carbonyl (C=O) groups is 2. The molecule has 0 bridgehead atoms. The lowest BCUT2D eigenvalue weighted by Crippen LogP contribution is -2.47. The second-order valence-electron chi connectivity index (χ2n) is 6.14. The first-order valence-corrected chi connectivity index (χ1v) is 7.68. The summed E-state index contributed by atoms with van der Waals surface area (Å²) in [5, 5.41) is 20.3. The number of benzene rings is 1. The van der Waals surface area contributed by atoms with E-state index < -0.39 is 11.7 Å². The van der Waals surface area contributed by atoms with E-state index in [0.717, 1.165) is 0 Å². The van der Waals surface area contributed by atoms with Crippen LogP contribution in [0.1, 0.15) is 46.0 Å². The quantitative estimate of drug-likeness (QED) is 0.899. The summed E-state index contributed by atoms with van der Waals surface area (Å²) in [6, 6.07) is 11.6. The SMILES string of the molecule is CC(C)C1(O)c2ccccc2C(=O)N1Cc1cccc(C(=O)O)n1. The number of carbonyl (C=O) groups excluding carboxylic acids is 1. The Kier molecular flexibility index (Phi) is 3.85. The fraction of sp³-hybridized carbons (Fsp3) is 0.278. The molecule has 1 aliphatic rings. The summed E-state index contributed by atoms with van der Waals surface area (Å²) < 4.78 is 0. The first-order chi connectivity index (χ1) is 11.4. The molecule has 0 fully saturated rings. The zero-order valence-electron chi connectivity index (χ0n) is 13.4. The van der Waals surface area contributed by atoms with Crippen molar-refractivity contribution < 1.29 is 19.8 Å². The summed E-state index contributed by atoms with van der Waals surface area (Å²) in [7, 11) is 0. The lowest BCUT2D eigenvalue weighted by atomic mass is 9.91. The van der Waals surface area contributed by atoms with Crippen molar-refractivity contribution in [2.45, 2.75) is 26.1 Å². The van der Waals surface area contributed by atoms with Crippen LogP contribution in [0.15, 0.2) is 42.5 Å². The summed E-state index contributed by atoms with van der Waals surface area (Å²) in [5.41, 5.74) is -0.100. The van der Waals surface area contributed by atoms with Crippen molar-refractivity contribution in [3.8, 4) is 0 Å². The Morgan fingerprint density at radius 1 is 1.21 bits per heavy atom. The van der Waals surface area contributed by atoms with Crippen molar-refractivity contribution in [3.05, 3.63) is 65.0 Å². The number of aliphatic hydroxyl groups is 1. The zero-order valence-corrected chi connectivity index (χ0v) is 13.4. The molecule has 0 aliphatic carbocycles. The number of rotatable bonds is 4. The highest BCUT2D eigenvalue weighted by Gasteiger charge is 2.50. The highest BCUT2D eigenvalue weighted by molar-refractivity contribution is 5.99. The summed E-state index contributed by atoms with van der Waals surface area (Å²) in [4.78, 5) is 29.2. The smallest absolute Gasteiger partial charge is 0.354 e. The predicted octanol–water partition coefficient (Wildman–Crippen LogP) is 2.24. The topological polar surface area (TPSA) is 90.7 Å². The van der Waals surface area contributed by atoms with Crippen LogP contribution in [0.25, 0.3) is 0 Å². The molecule has 0 spiro atoms. The monoisotopic (exact) mass is 326 g/mol. The van der Waals surface area contributed by atoms with Crippen LogP contribution in [0.4, 0.5) is 0 Å². The second kappa shape index (κ2) is 5.72. The summed E-state index contributed by atoms with van der Waals surface area (Å²) in [6.07, 6.45) is 0. The summed E-state index contributed by atoms with van der Waals surface area (Å²) in [5.74, 6) is -1.66. The van der Waals surface area contributed by atoms with Gasteiger partial charge in [-0.05, 0) is 18.2 Å². The highest BCUT2D eigenvalue weighted by atomic mass is 16.4. The van der Waals surface area contributed by atoms with Gasteiger partial charge in [0.25, 0.3) is 5.91 Å². The molecule has 1 unspecified atom stereocenters. The summed E-state index contributed by atoms with van der Waals surface area (Å²) >= 11 is 0. The van der Waals surface area contributed by atoms with Gasteiger partial charge in [-0.1, -0.05) is 38.1 Å². The number of nitrogens with zero attached hydrogens (tertiary/aromatic N) is 2. The molecule has 124 valence electrons. The molecule has 2 heterocycles. The van der Waals surface area contributed by atoms with Crippen LogP contribution in [0.3, 0.4) is 0 Å². The molecule has 3 rings (SSSR count). The van der Waals surface area contributed by atoms with Crippen molar-refractivity contribution in [2.75, 3.05) is 0 Å². The highest BCUT2D eigenvalue weighted by Crippen LogP contribution is 2.42. The Morgan fingerprint density at radius 3 is 2.58 bits per heavy atom. The van der Waals surface area contributed by atoms with Gasteiger partial charge in [0, 0.05) is 17.0 Å². The molecule has 0 saturated heterocycles. The molecule has 1 aromatic heterocycles. The van der Waals surface area contributed by atoms with E-state index in [1.807, 2.05) is 13.8 Å². The number of aromatic carboxylic acids is 1. The number of carboxylic acid groups (broad SMARTS) is 1. The number of hydrogen-bond acceptors (Lipinski definition) is 4. The number of pyridine rings is 1. The van der Waals surface area contributed by atoms with Crippen molar-refractivity contribution in [2.24, 2.45) is 5.92 Å². The van der Waals surface area contributed by atoms with Crippen molar-refractivity contribution in [3.63, 3.8) is 0 Å². The van der Waals surface area contributed by atoms with Crippen LogP contribution in [-0.2, 0) is 12.3 Å². The molecule has 1 aliphatic heterocycles. The molecule has 6 nitrogen and oxygen atoms in total. The van der Waals surface area contributed by atoms with Crippen molar-refractivity contribution in [1.29, 1.82) is 0 Å². The maximum atomic E-state index is 12.8. The molecule has 1 aromatic carbocycles. The van der Waals surface area contributed by atoms with E-state index in [4.69, 9.17) is 5.11 Å². The first kappa shape index (κ1) is 16.1. The van der Waals surface area contributed by atoms with Gasteiger partial charge in [-0.15, -0.1) is 0 Å². The van der Waals surface area contributed by atoms with Crippen molar-refractivity contribution >= 4 is 11.9 Å². The Morgan fingerprint density at radius 2 is 1.92 bits per heavy atom. The molecular formula is C18H18N2O4. The van der Waals surface area contributed by atoms with Gasteiger partial charge >= 0.3 is 5.97 Å². The maximum absolute atomic E-state index is 12.8. The maximum Gasteiger partial charge on any atom is 0.354 e. The van der Waals surface area contributed by atoms with E-state index in [-0.39, 0.29) is 24.1 Å². The lowest BCUT2D eigenvalue weighted by molar-refractivity contribution is -0.123. The van der Waals surface area contributed by atoms with Gasteiger partial charge in [0.15, 0.2) is 5.72 Å². The standard InChI is InChI=1S/C18H18N2O4/c1-11(2)18(24)14-8-4-3-7-13(14)16(21)20(18)10-12-6-5-9-15(19-12)17(22)23/h3-9,11,24H,10H2,1-2H3,(H,22,23). The normalized spacial score (nSPS) is 19.7. The molecule has 0 saturated carbocycles. The Balaban J connectivity index is 2.03. The van der Waals surface area contributed by atoms with Gasteiger partial charge in [-0.25, -0.2) is 9.78 Å². The lowest BCUT2D eigenvalue weighted by Gasteiger charge is -2.37. The van der Waals surface area contributed by atoms with E-state index in [0.29, 0.717) is 16.8 Å². The van der Waals surface area contributed by atoms with Crippen molar-refractivity contribution in [1.82, 2.24) is 9.88 Å². The third kappa shape index (κ3) is 2.35. The second-order valence-corrected chi connectivity index (χ2v) is 6.14. The molecule has 0 radical (unpaired) electrons. The molecular weight excluding hydrogens is 308 g/mol. The van der Waals surface area contributed by atoms with Crippen LogP contribution >= 0.6 is 0 Å². The van der Waals surface area contributed by atoms with Crippen LogP contribution in [-0.4, -0.2) is 32.0 Å². The Bertz CT molecular complexity index is 818. The fourth-order valence-corrected chi connectivity index (χ4v) is 3.10. The third-order valence-corrected chi connectivity index (χ3v) is 4.36. The molecule has 6 heteroatoms. The van der Waals surface area contributed by atoms with Gasteiger partial charge in [-0.2, -0.15) is 0 Å². The van der Waals surface area contributed by atoms with Gasteiger partial charge < -0.3 is 15.1 Å². The van der Waals surface area contributed by atoms with Crippen LogP contribution < -0.4 is 0 Å². The number of carboxylic acids is 1. The number of hydrogen-bond donors (Lipinski definition) is 2. The van der Waals surface area contributed by atoms with E-state index in [2.05, 4.69) is 4.98 Å². The largest absolute Gasteiger partial charge is 0.477 e. The fourth-order valence-electron chi connectivity index (χ4n) is 3.10. The molecule has 1 atom stereocenters. The van der Waals surface area contributed by atoms with E-state index >= 15 is 0 Å². The van der Waals surface area contributed by atoms with Gasteiger partial charge in [0.2, 0.25) is 0 Å². The first-order valence-electron chi connectivity index (χ1n) is 7.68. The van der Waals surface area contributed by atoms with Gasteiger partial charge in [0.1, 0.15) is 5.69 Å². The van der Waals surface area contributed by atoms with Gasteiger partial charge in [0.05, 0.1) is 12.2 Å². The van der Waals surface area contributed by atoms with Crippen LogP contribution in [0.5, 0.6) is 0 Å². The molecule has 1 amide bonds. The minimum Gasteiger partial charge on any atom is -0.477 e. The van der Waals surface area contributed by atoms with Crippen LogP contribution in [0, 0.1) is 5.92 Å². The molecule has 24 heavy (non-hydrogen) atoms. The van der Waals surface area contributed by atoms with Crippen LogP contribution in [0.2, 0.25) is 0 Å². The number of fused-ring (bicyclic) bond motifs is 1. The third-order valence-electron chi connectivity index (χ3n) is 4.36. The van der Waals surface area contributed by atoms with Gasteiger partial charge in [-0.3, -0.25) is 4.79 Å². The number of amides is 1. The minimum atomic E-state index is -1.45. The number of aromatic nitrogens is 1. The average Bonchev–Trinajstić information content (AvgIpc) is 2.79.